The topological polar surface area (TPSA) is 51.0 Å². The van der Waals surface area contributed by atoms with Gasteiger partial charge in [0.15, 0.2) is 5.82 Å². The van der Waals surface area contributed by atoms with Crippen LogP contribution >= 0.6 is 0 Å². The van der Waals surface area contributed by atoms with E-state index < -0.39 is 0 Å². The highest BCUT2D eigenvalue weighted by Crippen LogP contribution is 2.37. The number of nitrogens with one attached hydrogen (secondary N) is 1. The molecule has 2 aliphatic rings. The Morgan fingerprint density at radius 1 is 1.30 bits per heavy atom. The van der Waals surface area contributed by atoms with Gasteiger partial charge in [0.1, 0.15) is 0 Å². The summed E-state index contributed by atoms with van der Waals surface area (Å²) in [7, 11) is 0. The van der Waals surface area contributed by atoms with E-state index in [0.29, 0.717) is 17.8 Å². The van der Waals surface area contributed by atoms with Gasteiger partial charge in [0, 0.05) is 11.8 Å². The van der Waals surface area contributed by atoms with Crippen LogP contribution in [0.15, 0.2) is 28.8 Å². The van der Waals surface area contributed by atoms with E-state index in [9.17, 15) is 0 Å². The van der Waals surface area contributed by atoms with E-state index in [-0.39, 0.29) is 0 Å². The van der Waals surface area contributed by atoms with Gasteiger partial charge in [0.05, 0.1) is 0 Å². The molecule has 0 saturated carbocycles. The number of fused-ring (bicyclic) bond motifs is 1. The molecule has 1 aliphatic carbocycles. The van der Waals surface area contributed by atoms with Gasteiger partial charge in [-0.1, -0.05) is 36.3 Å². The smallest absolute Gasteiger partial charge is 0.229 e. The van der Waals surface area contributed by atoms with Gasteiger partial charge in [-0.25, -0.2) is 0 Å². The summed E-state index contributed by atoms with van der Waals surface area (Å²) in [4.78, 5) is 4.69. The summed E-state index contributed by atoms with van der Waals surface area (Å²) in [5.41, 5.74) is 2.80. The maximum absolute atomic E-state index is 5.52. The molecular weight excluding hydrogens is 250 g/mol. The number of hydrogen-bond acceptors (Lipinski definition) is 4. The molecule has 20 heavy (non-hydrogen) atoms. The first-order valence-electron chi connectivity index (χ1n) is 7.45. The minimum Gasteiger partial charge on any atom is -0.339 e. The van der Waals surface area contributed by atoms with Crippen LogP contribution in [0, 0.1) is 5.92 Å². The van der Waals surface area contributed by atoms with Gasteiger partial charge in [0.25, 0.3) is 0 Å². The third-order valence-corrected chi connectivity index (χ3v) is 4.81. The van der Waals surface area contributed by atoms with Gasteiger partial charge in [-0.2, -0.15) is 4.98 Å². The number of nitrogens with zero attached hydrogens (tertiary/aromatic N) is 2. The molecule has 0 radical (unpaired) electrons. The van der Waals surface area contributed by atoms with Crippen molar-refractivity contribution in [3.05, 3.63) is 47.1 Å². The Bertz CT molecular complexity index is 618. The van der Waals surface area contributed by atoms with Crippen molar-refractivity contribution < 1.29 is 4.52 Å². The molecule has 4 nitrogen and oxygen atoms in total. The molecule has 1 aliphatic heterocycles. The first kappa shape index (κ1) is 12.1. The van der Waals surface area contributed by atoms with E-state index >= 15 is 0 Å². The first-order valence-corrected chi connectivity index (χ1v) is 7.45. The molecule has 104 valence electrons. The highest BCUT2D eigenvalue weighted by atomic mass is 16.5. The lowest BCUT2D eigenvalue weighted by molar-refractivity contribution is 0.252. The molecule has 2 atom stereocenters. The van der Waals surface area contributed by atoms with Gasteiger partial charge < -0.3 is 9.84 Å². The maximum atomic E-state index is 5.52. The van der Waals surface area contributed by atoms with Crippen molar-refractivity contribution in [2.45, 2.75) is 31.6 Å². The predicted octanol–water partition coefficient (Wildman–Crippen LogP) is 2.47. The Hall–Kier alpha value is -1.68. The molecule has 0 spiro atoms. The highest BCUT2D eigenvalue weighted by molar-refractivity contribution is 5.38. The molecule has 4 rings (SSSR count). The number of benzene rings is 1. The lowest BCUT2D eigenvalue weighted by atomic mass is 9.89. The molecule has 2 aromatic rings. The van der Waals surface area contributed by atoms with E-state index in [4.69, 9.17) is 4.52 Å². The second-order valence-corrected chi connectivity index (χ2v) is 5.99. The maximum Gasteiger partial charge on any atom is 0.229 e. The van der Waals surface area contributed by atoms with Gasteiger partial charge >= 0.3 is 0 Å². The molecule has 2 unspecified atom stereocenters. The second-order valence-electron chi connectivity index (χ2n) is 5.99. The van der Waals surface area contributed by atoms with E-state index in [1.807, 2.05) is 0 Å². The van der Waals surface area contributed by atoms with Crippen molar-refractivity contribution in [3.8, 4) is 0 Å². The van der Waals surface area contributed by atoms with Crippen LogP contribution in [0.3, 0.4) is 0 Å². The Kier molecular flexibility index (Phi) is 2.84. The van der Waals surface area contributed by atoms with E-state index in [0.717, 1.165) is 37.6 Å². The summed E-state index contributed by atoms with van der Waals surface area (Å²) in [5.74, 6) is 2.98. The molecule has 1 N–H and O–H groups in total. The first-order chi connectivity index (χ1) is 9.83. The Morgan fingerprint density at radius 3 is 2.95 bits per heavy atom. The number of aromatic nitrogens is 2. The molecule has 1 saturated heterocycles. The predicted molar refractivity (Wildman–Crippen MR) is 75.7 cm³/mol. The second kappa shape index (κ2) is 4.70. The van der Waals surface area contributed by atoms with Gasteiger partial charge in [-0.3, -0.25) is 0 Å². The van der Waals surface area contributed by atoms with Crippen LogP contribution < -0.4 is 5.32 Å². The fraction of sp³-hybridized carbons (Fsp3) is 0.500. The van der Waals surface area contributed by atoms with Gasteiger partial charge in [0.2, 0.25) is 5.89 Å². The molecule has 1 aromatic carbocycles. The van der Waals surface area contributed by atoms with Gasteiger partial charge in [-0.05, 0) is 43.0 Å². The zero-order valence-corrected chi connectivity index (χ0v) is 11.7. The standard InChI is InChI=1S/C16H19N3O/c1-10(12-8-17-9-12)16-18-15(19-20-16)14-7-6-11-4-2-3-5-13(11)14/h2-5,10,12,14,17H,6-9H2,1H3. The molecule has 0 bridgehead atoms. The number of rotatable bonds is 3. The van der Waals surface area contributed by atoms with Crippen LogP contribution in [0.5, 0.6) is 0 Å². The summed E-state index contributed by atoms with van der Waals surface area (Å²) < 4.78 is 5.52. The summed E-state index contributed by atoms with van der Waals surface area (Å²) in [6.07, 6.45) is 2.21. The summed E-state index contributed by atoms with van der Waals surface area (Å²) in [6, 6.07) is 8.61. The van der Waals surface area contributed by atoms with Crippen molar-refractivity contribution >= 4 is 0 Å². The minimum atomic E-state index is 0.315. The SMILES string of the molecule is CC(c1nc(C2CCc3ccccc32)no1)C1CNC1. The average molecular weight is 269 g/mol. The molecule has 1 aromatic heterocycles. The van der Waals surface area contributed by atoms with E-state index in [1.54, 1.807) is 0 Å². The molecule has 1 fully saturated rings. The number of aryl methyl sites for hydroxylation is 1. The van der Waals surface area contributed by atoms with Crippen molar-refractivity contribution in [1.82, 2.24) is 15.5 Å². The van der Waals surface area contributed by atoms with Crippen molar-refractivity contribution in [1.29, 1.82) is 0 Å². The van der Waals surface area contributed by atoms with Crippen LogP contribution in [0.1, 0.15) is 48.0 Å². The normalized spacial score (nSPS) is 23.4. The van der Waals surface area contributed by atoms with E-state index in [2.05, 4.69) is 46.6 Å². The fourth-order valence-electron chi connectivity index (χ4n) is 3.27. The van der Waals surface area contributed by atoms with Crippen LogP contribution in [-0.2, 0) is 6.42 Å². The lowest BCUT2D eigenvalue weighted by Gasteiger charge is -2.30. The molecular formula is C16H19N3O. The summed E-state index contributed by atoms with van der Waals surface area (Å²) in [6.45, 7) is 4.31. The largest absolute Gasteiger partial charge is 0.339 e. The molecule has 4 heteroatoms. The van der Waals surface area contributed by atoms with Crippen molar-refractivity contribution in [2.75, 3.05) is 13.1 Å². The zero-order valence-electron chi connectivity index (χ0n) is 11.7. The molecule has 2 heterocycles. The summed E-state index contributed by atoms with van der Waals surface area (Å²) in [5, 5.41) is 7.55. The van der Waals surface area contributed by atoms with Crippen LogP contribution in [0.2, 0.25) is 0 Å². The lowest BCUT2D eigenvalue weighted by Crippen LogP contribution is -2.44. The third-order valence-electron chi connectivity index (χ3n) is 4.81. The quantitative estimate of drug-likeness (QED) is 0.930. The van der Waals surface area contributed by atoms with E-state index in [1.165, 1.54) is 11.1 Å². The number of hydrogen-bond donors (Lipinski definition) is 1. The minimum absolute atomic E-state index is 0.315. The van der Waals surface area contributed by atoms with Crippen LogP contribution in [-0.4, -0.2) is 23.2 Å². The monoisotopic (exact) mass is 269 g/mol. The molecule has 0 amide bonds. The van der Waals surface area contributed by atoms with Crippen molar-refractivity contribution in [2.24, 2.45) is 5.92 Å². The van der Waals surface area contributed by atoms with Gasteiger partial charge in [-0.15, -0.1) is 0 Å². The fourth-order valence-corrected chi connectivity index (χ4v) is 3.27. The summed E-state index contributed by atoms with van der Waals surface area (Å²) >= 11 is 0. The van der Waals surface area contributed by atoms with Crippen molar-refractivity contribution in [3.63, 3.8) is 0 Å². The van der Waals surface area contributed by atoms with Crippen LogP contribution in [0.25, 0.3) is 0 Å². The average Bonchev–Trinajstić information content (AvgIpc) is 3.03. The Morgan fingerprint density at radius 2 is 2.15 bits per heavy atom. The zero-order chi connectivity index (χ0) is 13.5. The van der Waals surface area contributed by atoms with Crippen LogP contribution in [0.4, 0.5) is 0 Å². The Labute approximate surface area is 118 Å². The third kappa shape index (κ3) is 1.86. The highest BCUT2D eigenvalue weighted by Gasteiger charge is 2.32. The Balaban J connectivity index is 1.59.